The van der Waals surface area contributed by atoms with Gasteiger partial charge in [0.2, 0.25) is 11.8 Å². The fourth-order valence-electron chi connectivity index (χ4n) is 2.59. The molecule has 19 heavy (non-hydrogen) atoms. The summed E-state index contributed by atoms with van der Waals surface area (Å²) in [6.45, 7) is 1.92. The SMILES string of the molecule is O=C1CC(C(=O)N2CC=C(c3cccs3)CC2)CN1. The highest BCUT2D eigenvalue weighted by molar-refractivity contribution is 7.11. The molecule has 2 aliphatic rings. The molecule has 1 aromatic heterocycles. The number of rotatable bonds is 2. The fourth-order valence-corrected chi connectivity index (χ4v) is 3.39. The second kappa shape index (κ2) is 5.17. The Bertz CT molecular complexity index is 522. The number of carbonyl (C=O) groups is 2. The summed E-state index contributed by atoms with van der Waals surface area (Å²) in [5.41, 5.74) is 1.33. The van der Waals surface area contributed by atoms with Gasteiger partial charge in [0.05, 0.1) is 5.92 Å². The van der Waals surface area contributed by atoms with Crippen LogP contribution in [-0.2, 0) is 9.59 Å². The molecule has 2 aliphatic heterocycles. The highest BCUT2D eigenvalue weighted by Crippen LogP contribution is 2.27. The van der Waals surface area contributed by atoms with Crippen molar-refractivity contribution in [1.29, 1.82) is 0 Å². The minimum absolute atomic E-state index is 0.00910. The molecule has 1 saturated heterocycles. The molecule has 1 fully saturated rings. The summed E-state index contributed by atoms with van der Waals surface area (Å²) in [5.74, 6) is -0.0609. The molecular formula is C14H16N2O2S. The van der Waals surface area contributed by atoms with E-state index in [0.717, 1.165) is 13.0 Å². The van der Waals surface area contributed by atoms with Crippen LogP contribution in [0, 0.1) is 5.92 Å². The van der Waals surface area contributed by atoms with Gasteiger partial charge < -0.3 is 10.2 Å². The van der Waals surface area contributed by atoms with Crippen LogP contribution in [0.3, 0.4) is 0 Å². The molecule has 0 aromatic carbocycles. The Morgan fingerprint density at radius 1 is 1.47 bits per heavy atom. The molecule has 5 heteroatoms. The van der Waals surface area contributed by atoms with E-state index in [4.69, 9.17) is 0 Å². The molecule has 3 heterocycles. The van der Waals surface area contributed by atoms with Crippen molar-refractivity contribution >= 4 is 28.7 Å². The van der Waals surface area contributed by atoms with Crippen LogP contribution in [0.15, 0.2) is 23.6 Å². The summed E-state index contributed by atoms with van der Waals surface area (Å²) in [7, 11) is 0. The van der Waals surface area contributed by atoms with Gasteiger partial charge in [-0.3, -0.25) is 9.59 Å². The predicted molar refractivity (Wildman–Crippen MR) is 74.6 cm³/mol. The Morgan fingerprint density at radius 3 is 2.95 bits per heavy atom. The first-order chi connectivity index (χ1) is 9.24. The first kappa shape index (κ1) is 12.4. The highest BCUT2D eigenvalue weighted by Gasteiger charge is 2.31. The maximum absolute atomic E-state index is 12.2. The second-order valence-corrected chi connectivity index (χ2v) is 5.89. The molecule has 0 bridgehead atoms. The van der Waals surface area contributed by atoms with Gasteiger partial charge in [-0.05, 0) is 23.4 Å². The second-order valence-electron chi connectivity index (χ2n) is 4.95. The van der Waals surface area contributed by atoms with Gasteiger partial charge in [0.25, 0.3) is 0 Å². The van der Waals surface area contributed by atoms with Crippen LogP contribution in [0.1, 0.15) is 17.7 Å². The van der Waals surface area contributed by atoms with Crippen molar-refractivity contribution < 1.29 is 9.59 Å². The van der Waals surface area contributed by atoms with Crippen molar-refractivity contribution in [3.63, 3.8) is 0 Å². The number of hydrogen-bond donors (Lipinski definition) is 1. The third-order valence-corrected chi connectivity index (χ3v) is 4.63. The van der Waals surface area contributed by atoms with Crippen molar-refractivity contribution in [3.05, 3.63) is 28.5 Å². The predicted octanol–water partition coefficient (Wildman–Crippen LogP) is 1.50. The lowest BCUT2D eigenvalue weighted by molar-refractivity contribution is -0.135. The highest BCUT2D eigenvalue weighted by atomic mass is 32.1. The van der Waals surface area contributed by atoms with E-state index in [1.807, 2.05) is 11.0 Å². The van der Waals surface area contributed by atoms with E-state index in [9.17, 15) is 9.59 Å². The third-order valence-electron chi connectivity index (χ3n) is 3.69. The van der Waals surface area contributed by atoms with E-state index in [-0.39, 0.29) is 17.7 Å². The lowest BCUT2D eigenvalue weighted by Gasteiger charge is -2.28. The monoisotopic (exact) mass is 276 g/mol. The molecule has 4 nitrogen and oxygen atoms in total. The first-order valence-electron chi connectivity index (χ1n) is 6.52. The minimum Gasteiger partial charge on any atom is -0.355 e. The number of hydrogen-bond acceptors (Lipinski definition) is 3. The van der Waals surface area contributed by atoms with E-state index in [0.29, 0.717) is 19.5 Å². The zero-order valence-corrected chi connectivity index (χ0v) is 11.4. The summed E-state index contributed by atoms with van der Waals surface area (Å²) >= 11 is 1.74. The van der Waals surface area contributed by atoms with Crippen molar-refractivity contribution in [2.24, 2.45) is 5.92 Å². The average Bonchev–Trinajstić information content (AvgIpc) is 3.09. The molecule has 1 N–H and O–H groups in total. The van der Waals surface area contributed by atoms with E-state index >= 15 is 0 Å². The zero-order valence-electron chi connectivity index (χ0n) is 10.6. The zero-order chi connectivity index (χ0) is 13.2. The first-order valence-corrected chi connectivity index (χ1v) is 7.40. The number of amides is 2. The normalized spacial score (nSPS) is 23.2. The van der Waals surface area contributed by atoms with Gasteiger partial charge in [-0.25, -0.2) is 0 Å². The molecule has 0 aliphatic carbocycles. The summed E-state index contributed by atoms with van der Waals surface area (Å²) < 4.78 is 0. The van der Waals surface area contributed by atoms with Gasteiger partial charge in [0, 0.05) is 30.9 Å². The molecule has 1 unspecified atom stereocenters. The van der Waals surface area contributed by atoms with E-state index in [1.54, 1.807) is 11.3 Å². The Hall–Kier alpha value is -1.62. The Morgan fingerprint density at radius 2 is 2.37 bits per heavy atom. The largest absolute Gasteiger partial charge is 0.355 e. The van der Waals surface area contributed by atoms with Crippen LogP contribution in [0.25, 0.3) is 5.57 Å². The maximum Gasteiger partial charge on any atom is 0.228 e. The maximum atomic E-state index is 12.2. The molecule has 3 rings (SSSR count). The van der Waals surface area contributed by atoms with Gasteiger partial charge in [-0.2, -0.15) is 0 Å². The Labute approximate surface area is 116 Å². The van der Waals surface area contributed by atoms with Gasteiger partial charge >= 0.3 is 0 Å². The molecule has 100 valence electrons. The topological polar surface area (TPSA) is 49.4 Å². The standard InChI is InChI=1S/C14H16N2O2S/c17-13-8-11(9-15-13)14(18)16-5-3-10(4-6-16)12-2-1-7-19-12/h1-3,7,11H,4-6,8-9H2,(H,15,17). The lowest BCUT2D eigenvalue weighted by Crippen LogP contribution is -2.39. The van der Waals surface area contributed by atoms with E-state index < -0.39 is 0 Å². The van der Waals surface area contributed by atoms with Crippen LogP contribution in [-0.4, -0.2) is 36.3 Å². The molecule has 0 spiro atoms. The van der Waals surface area contributed by atoms with Crippen molar-refractivity contribution in [1.82, 2.24) is 10.2 Å². The van der Waals surface area contributed by atoms with Crippen LogP contribution in [0.4, 0.5) is 0 Å². The lowest BCUT2D eigenvalue weighted by atomic mass is 10.0. The van der Waals surface area contributed by atoms with Crippen LogP contribution < -0.4 is 5.32 Å². The van der Waals surface area contributed by atoms with Crippen LogP contribution in [0.5, 0.6) is 0 Å². The molecular weight excluding hydrogens is 260 g/mol. The Kier molecular flexibility index (Phi) is 3.38. The van der Waals surface area contributed by atoms with Crippen molar-refractivity contribution in [2.45, 2.75) is 12.8 Å². The Balaban J connectivity index is 1.63. The summed E-state index contributed by atoms with van der Waals surface area (Å²) in [6.07, 6.45) is 3.38. The number of thiophene rings is 1. The molecule has 0 saturated carbocycles. The van der Waals surface area contributed by atoms with Gasteiger partial charge in [-0.15, -0.1) is 11.3 Å². The smallest absolute Gasteiger partial charge is 0.228 e. The molecule has 2 amide bonds. The van der Waals surface area contributed by atoms with E-state index in [2.05, 4.69) is 22.8 Å². The van der Waals surface area contributed by atoms with Gasteiger partial charge in [-0.1, -0.05) is 12.1 Å². The van der Waals surface area contributed by atoms with Crippen LogP contribution >= 0.6 is 11.3 Å². The average molecular weight is 276 g/mol. The number of nitrogens with zero attached hydrogens (tertiary/aromatic N) is 1. The third kappa shape index (κ3) is 2.56. The summed E-state index contributed by atoms with van der Waals surface area (Å²) in [6, 6.07) is 4.17. The quantitative estimate of drug-likeness (QED) is 0.890. The van der Waals surface area contributed by atoms with Gasteiger partial charge in [0.1, 0.15) is 0 Å². The van der Waals surface area contributed by atoms with Crippen LogP contribution in [0.2, 0.25) is 0 Å². The molecule has 1 atom stereocenters. The van der Waals surface area contributed by atoms with E-state index in [1.165, 1.54) is 10.5 Å². The summed E-state index contributed by atoms with van der Waals surface area (Å²) in [4.78, 5) is 26.6. The summed E-state index contributed by atoms with van der Waals surface area (Å²) in [5, 5.41) is 4.79. The van der Waals surface area contributed by atoms with Crippen molar-refractivity contribution in [3.8, 4) is 0 Å². The van der Waals surface area contributed by atoms with Crippen molar-refractivity contribution in [2.75, 3.05) is 19.6 Å². The fraction of sp³-hybridized carbons (Fsp3) is 0.429. The van der Waals surface area contributed by atoms with Gasteiger partial charge in [0.15, 0.2) is 0 Å². The minimum atomic E-state index is -0.163. The number of carbonyl (C=O) groups excluding carboxylic acids is 2. The molecule has 1 aromatic rings. The molecule has 0 radical (unpaired) electrons. The number of nitrogens with one attached hydrogen (secondary N) is 1.